The minimum absolute atomic E-state index is 0.0686. The molecule has 0 atom stereocenters. The summed E-state index contributed by atoms with van der Waals surface area (Å²) < 4.78 is 59.4. The van der Waals surface area contributed by atoms with E-state index in [-0.39, 0.29) is 29.7 Å². The molecule has 1 amide bonds. The number of hydrogen-bond donors (Lipinski definition) is 1. The van der Waals surface area contributed by atoms with Gasteiger partial charge in [-0.05, 0) is 67.6 Å². The van der Waals surface area contributed by atoms with Gasteiger partial charge in [0.05, 0.1) is 17.2 Å². The third kappa shape index (κ3) is 7.31. The zero-order valence-electron chi connectivity index (χ0n) is 21.0. The van der Waals surface area contributed by atoms with Crippen molar-refractivity contribution in [3.8, 4) is 5.75 Å². The molecule has 0 radical (unpaired) electrons. The molecule has 2 fully saturated rings. The van der Waals surface area contributed by atoms with Crippen LogP contribution in [0.1, 0.15) is 54.4 Å². The van der Waals surface area contributed by atoms with E-state index in [1.807, 2.05) is 0 Å². The van der Waals surface area contributed by atoms with Crippen molar-refractivity contribution in [2.24, 2.45) is 0 Å². The summed E-state index contributed by atoms with van der Waals surface area (Å²) in [6.45, 7) is 2.74. The zero-order chi connectivity index (χ0) is 26.3. The van der Waals surface area contributed by atoms with Crippen molar-refractivity contribution >= 4 is 26.0 Å². The normalized spacial score (nSPS) is 17.8. The van der Waals surface area contributed by atoms with Crippen LogP contribution in [0.4, 0.5) is 0 Å². The SMILES string of the molecule is O=C(NCCOc1ccc(S(=O)(=O)N2CCCCC2)cc1)c1ccc(CS(=O)(=O)N2CCCCC2)cc1. The largest absolute Gasteiger partial charge is 0.492 e. The van der Waals surface area contributed by atoms with Crippen LogP contribution in [0.15, 0.2) is 53.4 Å². The van der Waals surface area contributed by atoms with Crippen molar-refractivity contribution in [1.82, 2.24) is 13.9 Å². The van der Waals surface area contributed by atoms with Gasteiger partial charge in [-0.25, -0.2) is 21.1 Å². The summed E-state index contributed by atoms with van der Waals surface area (Å²) in [6.07, 6.45) is 5.69. The Morgan fingerprint density at radius 3 is 1.92 bits per heavy atom. The van der Waals surface area contributed by atoms with E-state index < -0.39 is 20.0 Å². The van der Waals surface area contributed by atoms with Crippen molar-refractivity contribution in [3.63, 3.8) is 0 Å². The molecule has 0 aliphatic carbocycles. The van der Waals surface area contributed by atoms with Crippen LogP contribution in [0.2, 0.25) is 0 Å². The van der Waals surface area contributed by atoms with E-state index in [9.17, 15) is 21.6 Å². The lowest BCUT2D eigenvalue weighted by molar-refractivity contribution is 0.0947. The number of nitrogens with zero attached hydrogens (tertiary/aromatic N) is 2. The first-order valence-corrected chi connectivity index (χ1v) is 15.9. The van der Waals surface area contributed by atoms with Crippen LogP contribution in [0.5, 0.6) is 5.75 Å². The van der Waals surface area contributed by atoms with Gasteiger partial charge < -0.3 is 10.1 Å². The zero-order valence-corrected chi connectivity index (χ0v) is 22.6. The van der Waals surface area contributed by atoms with Gasteiger partial charge in [-0.15, -0.1) is 0 Å². The fourth-order valence-electron chi connectivity index (χ4n) is 4.59. The summed E-state index contributed by atoms with van der Waals surface area (Å²) in [5, 5.41) is 2.77. The molecule has 2 heterocycles. The Morgan fingerprint density at radius 1 is 0.757 bits per heavy atom. The van der Waals surface area contributed by atoms with Gasteiger partial charge in [0.2, 0.25) is 20.0 Å². The lowest BCUT2D eigenvalue weighted by atomic mass is 10.1. The molecule has 0 bridgehead atoms. The van der Waals surface area contributed by atoms with Gasteiger partial charge in [0, 0.05) is 31.7 Å². The number of benzene rings is 2. The Morgan fingerprint density at radius 2 is 1.32 bits per heavy atom. The third-order valence-electron chi connectivity index (χ3n) is 6.71. The Labute approximate surface area is 219 Å². The predicted molar refractivity (Wildman–Crippen MR) is 141 cm³/mol. The quantitative estimate of drug-likeness (QED) is 0.456. The molecule has 2 aromatic rings. The van der Waals surface area contributed by atoms with E-state index >= 15 is 0 Å². The molecule has 11 heteroatoms. The molecule has 0 saturated carbocycles. The molecule has 0 aromatic heterocycles. The number of hydrogen-bond acceptors (Lipinski definition) is 6. The predicted octanol–water partition coefficient (Wildman–Crippen LogP) is 2.99. The lowest BCUT2D eigenvalue weighted by Crippen LogP contribution is -2.36. The molecule has 2 aromatic carbocycles. The maximum atomic E-state index is 12.7. The van der Waals surface area contributed by atoms with Crippen molar-refractivity contribution in [3.05, 3.63) is 59.7 Å². The first-order valence-electron chi connectivity index (χ1n) is 12.8. The second-order valence-electron chi connectivity index (χ2n) is 9.45. The maximum Gasteiger partial charge on any atom is 0.251 e. The third-order valence-corrected chi connectivity index (χ3v) is 10.5. The summed E-state index contributed by atoms with van der Waals surface area (Å²) in [5.41, 5.74) is 1.09. The minimum atomic E-state index is -3.48. The van der Waals surface area contributed by atoms with E-state index in [4.69, 9.17) is 4.74 Å². The van der Waals surface area contributed by atoms with Gasteiger partial charge in [0.15, 0.2) is 0 Å². The highest BCUT2D eigenvalue weighted by molar-refractivity contribution is 7.89. The number of sulfonamides is 2. The lowest BCUT2D eigenvalue weighted by Gasteiger charge is -2.25. The van der Waals surface area contributed by atoms with Crippen molar-refractivity contribution in [2.75, 3.05) is 39.3 Å². The topological polar surface area (TPSA) is 113 Å². The standard InChI is InChI=1S/C26H35N3O6S2/c30-26(23-9-7-22(8-10-23)21-36(31,32)28-16-3-1-4-17-28)27-15-20-35-24-11-13-25(14-12-24)37(33,34)29-18-5-2-6-19-29/h7-14H,1-6,15-21H2,(H,27,30). The van der Waals surface area contributed by atoms with Crippen LogP contribution < -0.4 is 10.1 Å². The number of nitrogens with one attached hydrogen (secondary N) is 1. The number of amides is 1. The summed E-state index contributed by atoms with van der Waals surface area (Å²) in [7, 11) is -6.83. The van der Waals surface area contributed by atoms with Crippen LogP contribution in [0.3, 0.4) is 0 Å². The Hall–Kier alpha value is -2.47. The summed E-state index contributed by atoms with van der Waals surface area (Å²) in [5.74, 6) is 0.170. The Kier molecular flexibility index (Phi) is 9.22. The first kappa shape index (κ1) is 27.6. The molecule has 2 aliphatic rings. The Bertz CT molecular complexity index is 1250. The van der Waals surface area contributed by atoms with Gasteiger partial charge in [0.25, 0.3) is 5.91 Å². The highest BCUT2D eigenvalue weighted by atomic mass is 32.2. The maximum absolute atomic E-state index is 12.7. The number of carbonyl (C=O) groups excluding carboxylic acids is 1. The van der Waals surface area contributed by atoms with E-state index in [0.29, 0.717) is 43.1 Å². The van der Waals surface area contributed by atoms with E-state index in [2.05, 4.69) is 5.32 Å². The van der Waals surface area contributed by atoms with Crippen LogP contribution in [-0.4, -0.2) is 70.7 Å². The number of ether oxygens (including phenoxy) is 1. The molecule has 2 saturated heterocycles. The molecular formula is C26H35N3O6S2. The van der Waals surface area contributed by atoms with Gasteiger partial charge in [-0.3, -0.25) is 4.79 Å². The molecule has 9 nitrogen and oxygen atoms in total. The average molecular weight is 550 g/mol. The Balaban J connectivity index is 1.22. The molecule has 0 spiro atoms. The number of piperidine rings is 2. The number of carbonyl (C=O) groups is 1. The van der Waals surface area contributed by atoms with Gasteiger partial charge in [-0.1, -0.05) is 25.0 Å². The molecule has 4 rings (SSSR count). The van der Waals surface area contributed by atoms with E-state index in [1.165, 1.54) is 4.31 Å². The van der Waals surface area contributed by atoms with Crippen LogP contribution >= 0.6 is 0 Å². The molecule has 202 valence electrons. The molecule has 37 heavy (non-hydrogen) atoms. The highest BCUT2D eigenvalue weighted by Crippen LogP contribution is 2.23. The summed E-state index contributed by atoms with van der Waals surface area (Å²) >= 11 is 0. The molecular weight excluding hydrogens is 514 g/mol. The first-order chi connectivity index (χ1) is 17.8. The van der Waals surface area contributed by atoms with E-state index in [0.717, 1.165) is 38.5 Å². The van der Waals surface area contributed by atoms with Crippen molar-refractivity contribution < 1.29 is 26.4 Å². The summed E-state index contributed by atoms with van der Waals surface area (Å²) in [4.78, 5) is 12.7. The van der Waals surface area contributed by atoms with Crippen LogP contribution in [0.25, 0.3) is 0 Å². The molecule has 2 aliphatic heterocycles. The molecule has 0 unspecified atom stereocenters. The second-order valence-corrected chi connectivity index (χ2v) is 13.4. The second kappa shape index (κ2) is 12.4. The van der Waals surface area contributed by atoms with Crippen molar-refractivity contribution in [2.45, 2.75) is 49.2 Å². The fourth-order valence-corrected chi connectivity index (χ4v) is 7.72. The average Bonchev–Trinajstić information content (AvgIpc) is 2.92. The van der Waals surface area contributed by atoms with Crippen LogP contribution in [-0.2, 0) is 25.8 Å². The van der Waals surface area contributed by atoms with Crippen molar-refractivity contribution in [1.29, 1.82) is 0 Å². The van der Waals surface area contributed by atoms with Crippen LogP contribution in [0, 0.1) is 0 Å². The fraction of sp³-hybridized carbons (Fsp3) is 0.500. The number of rotatable bonds is 10. The molecule has 1 N–H and O–H groups in total. The minimum Gasteiger partial charge on any atom is -0.492 e. The summed E-state index contributed by atoms with van der Waals surface area (Å²) in [6, 6.07) is 12.9. The van der Waals surface area contributed by atoms with E-state index in [1.54, 1.807) is 52.8 Å². The van der Waals surface area contributed by atoms with Gasteiger partial charge in [-0.2, -0.15) is 4.31 Å². The highest BCUT2D eigenvalue weighted by Gasteiger charge is 2.26. The smallest absolute Gasteiger partial charge is 0.251 e. The monoisotopic (exact) mass is 549 g/mol. The van der Waals surface area contributed by atoms with Gasteiger partial charge >= 0.3 is 0 Å². The van der Waals surface area contributed by atoms with Gasteiger partial charge in [0.1, 0.15) is 12.4 Å².